The molecule has 2 N–H and O–H groups in total. The fraction of sp³-hybridized carbons (Fsp3) is 0.462. The number of carbonyl (C=O) groups excluding carboxylic acids is 1. The van der Waals surface area contributed by atoms with Crippen molar-refractivity contribution in [3.8, 4) is 0 Å². The van der Waals surface area contributed by atoms with Crippen LogP contribution >= 0.6 is 0 Å². The molecule has 0 saturated heterocycles. The Kier molecular flexibility index (Phi) is 4.86. The van der Waals surface area contributed by atoms with E-state index in [2.05, 4.69) is 10.4 Å². The van der Waals surface area contributed by atoms with Gasteiger partial charge in [-0.1, -0.05) is 6.92 Å². The lowest BCUT2D eigenvalue weighted by Gasteiger charge is -2.09. The Bertz CT molecular complexity index is 517. The number of nitrogens with zero attached hydrogens (tertiary/aromatic N) is 2. The van der Waals surface area contributed by atoms with Gasteiger partial charge in [0.15, 0.2) is 0 Å². The summed E-state index contributed by atoms with van der Waals surface area (Å²) in [6, 6.07) is -0.853. The van der Waals surface area contributed by atoms with Crippen LogP contribution in [0.2, 0.25) is 0 Å². The van der Waals surface area contributed by atoms with Gasteiger partial charge in [0, 0.05) is 24.4 Å². The number of aliphatic carboxylic acids is 1. The number of hydrogen-bond acceptors (Lipinski definition) is 3. The lowest BCUT2D eigenvalue weighted by atomic mass is 10.2. The Morgan fingerprint density at radius 3 is 2.53 bits per heavy atom. The molecule has 19 heavy (non-hydrogen) atoms. The smallest absolute Gasteiger partial charge is 0.326 e. The average molecular weight is 265 g/mol. The predicted molar refractivity (Wildman–Crippen MR) is 71.6 cm³/mol. The largest absolute Gasteiger partial charge is 0.480 e. The van der Waals surface area contributed by atoms with E-state index in [9.17, 15) is 9.59 Å². The predicted octanol–water partition coefficient (Wildman–Crippen LogP) is 1.03. The van der Waals surface area contributed by atoms with Crippen LogP contribution in [0.1, 0.15) is 30.3 Å². The summed E-state index contributed by atoms with van der Waals surface area (Å²) in [7, 11) is 1.83. The first kappa shape index (κ1) is 14.9. The Labute approximate surface area is 112 Å². The summed E-state index contributed by atoms with van der Waals surface area (Å²) in [5.74, 6) is -1.45. The second-order valence-corrected chi connectivity index (χ2v) is 4.35. The van der Waals surface area contributed by atoms with Crippen molar-refractivity contribution >= 4 is 18.0 Å². The molecular formula is C13H19N3O3. The highest BCUT2D eigenvalue weighted by atomic mass is 16.4. The number of carboxylic acid groups (broad SMARTS) is 1. The standard InChI is InChI=1S/C13H19N3O3/c1-5-11(13(18)19)14-12(17)7-6-10-8(2)15-16(4)9(10)3/h6-7,11H,5H2,1-4H3,(H,14,17)(H,18,19)/b7-6+/t11-/m0/s1. The van der Waals surface area contributed by atoms with Crippen LogP contribution in [0.4, 0.5) is 0 Å². The highest BCUT2D eigenvalue weighted by Crippen LogP contribution is 2.13. The minimum atomic E-state index is -1.03. The zero-order valence-electron chi connectivity index (χ0n) is 11.6. The zero-order chi connectivity index (χ0) is 14.6. The number of rotatable bonds is 5. The van der Waals surface area contributed by atoms with Crippen LogP contribution in [-0.4, -0.2) is 32.8 Å². The molecule has 1 amide bonds. The van der Waals surface area contributed by atoms with Gasteiger partial charge in [0.25, 0.3) is 0 Å². The molecule has 1 rings (SSSR count). The number of hydrogen-bond donors (Lipinski definition) is 2. The maximum atomic E-state index is 11.6. The van der Waals surface area contributed by atoms with Crippen LogP contribution < -0.4 is 5.32 Å². The van der Waals surface area contributed by atoms with Crippen molar-refractivity contribution in [3.05, 3.63) is 23.0 Å². The van der Waals surface area contributed by atoms with Gasteiger partial charge in [0.2, 0.25) is 5.91 Å². The van der Waals surface area contributed by atoms with E-state index >= 15 is 0 Å². The molecule has 0 bridgehead atoms. The lowest BCUT2D eigenvalue weighted by Crippen LogP contribution is -2.39. The van der Waals surface area contributed by atoms with Crippen molar-refractivity contribution in [2.24, 2.45) is 7.05 Å². The van der Waals surface area contributed by atoms with Gasteiger partial charge in [-0.2, -0.15) is 5.10 Å². The Morgan fingerprint density at radius 1 is 1.47 bits per heavy atom. The summed E-state index contributed by atoms with van der Waals surface area (Å²) in [6.07, 6.45) is 3.34. The van der Waals surface area contributed by atoms with Crippen LogP contribution in [0, 0.1) is 13.8 Å². The van der Waals surface area contributed by atoms with Crippen molar-refractivity contribution in [2.75, 3.05) is 0 Å². The maximum Gasteiger partial charge on any atom is 0.326 e. The summed E-state index contributed by atoms with van der Waals surface area (Å²) < 4.78 is 1.74. The Hall–Kier alpha value is -2.11. The van der Waals surface area contributed by atoms with E-state index in [1.54, 1.807) is 17.7 Å². The summed E-state index contributed by atoms with van der Waals surface area (Å²) in [6.45, 7) is 5.47. The normalized spacial score (nSPS) is 12.6. The number of carbonyl (C=O) groups is 2. The molecule has 6 nitrogen and oxygen atoms in total. The second kappa shape index (κ2) is 6.17. The zero-order valence-corrected chi connectivity index (χ0v) is 11.6. The molecular weight excluding hydrogens is 246 g/mol. The fourth-order valence-electron chi connectivity index (χ4n) is 1.75. The van der Waals surface area contributed by atoms with E-state index in [0.29, 0.717) is 6.42 Å². The number of amides is 1. The molecule has 1 heterocycles. The molecule has 0 unspecified atom stereocenters. The van der Waals surface area contributed by atoms with Crippen molar-refractivity contribution in [1.29, 1.82) is 0 Å². The maximum absolute atomic E-state index is 11.6. The summed E-state index contributed by atoms with van der Waals surface area (Å²) >= 11 is 0. The third-order valence-corrected chi connectivity index (χ3v) is 2.99. The van der Waals surface area contributed by atoms with Crippen LogP contribution in [0.5, 0.6) is 0 Å². The SMILES string of the molecule is CC[C@H](NC(=O)/C=C/c1c(C)nn(C)c1C)C(=O)O. The molecule has 6 heteroatoms. The van der Waals surface area contributed by atoms with Gasteiger partial charge in [0.05, 0.1) is 5.69 Å². The number of carboxylic acids is 1. The molecule has 0 fully saturated rings. The van der Waals surface area contributed by atoms with Crippen LogP contribution in [0.15, 0.2) is 6.08 Å². The van der Waals surface area contributed by atoms with Gasteiger partial charge >= 0.3 is 5.97 Å². The number of aromatic nitrogens is 2. The molecule has 104 valence electrons. The number of aryl methyl sites for hydroxylation is 2. The van der Waals surface area contributed by atoms with Crippen molar-refractivity contribution in [2.45, 2.75) is 33.2 Å². The molecule has 0 saturated carbocycles. The van der Waals surface area contributed by atoms with Gasteiger partial charge in [-0.05, 0) is 26.3 Å². The summed E-state index contributed by atoms with van der Waals surface area (Å²) in [4.78, 5) is 22.4. The minimum absolute atomic E-state index is 0.347. The molecule has 0 aliphatic carbocycles. The summed E-state index contributed by atoms with van der Waals surface area (Å²) in [5, 5.41) is 15.5. The van der Waals surface area contributed by atoms with Crippen molar-refractivity contribution < 1.29 is 14.7 Å². The monoisotopic (exact) mass is 265 g/mol. The van der Waals surface area contributed by atoms with Gasteiger partial charge in [-0.15, -0.1) is 0 Å². The first-order valence-electron chi connectivity index (χ1n) is 6.08. The first-order chi connectivity index (χ1) is 8.86. The van der Waals surface area contributed by atoms with Crippen molar-refractivity contribution in [3.63, 3.8) is 0 Å². The van der Waals surface area contributed by atoms with Gasteiger partial charge in [0.1, 0.15) is 6.04 Å². The fourth-order valence-corrected chi connectivity index (χ4v) is 1.75. The summed E-state index contributed by atoms with van der Waals surface area (Å²) in [5.41, 5.74) is 2.65. The highest BCUT2D eigenvalue weighted by molar-refractivity contribution is 5.94. The third-order valence-electron chi connectivity index (χ3n) is 2.99. The van der Waals surface area contributed by atoms with E-state index in [0.717, 1.165) is 17.0 Å². The molecule has 0 aliphatic rings. The third kappa shape index (κ3) is 3.67. The van der Waals surface area contributed by atoms with Gasteiger partial charge in [-0.25, -0.2) is 4.79 Å². The molecule has 0 aliphatic heterocycles. The van der Waals surface area contributed by atoms with E-state index in [4.69, 9.17) is 5.11 Å². The van der Waals surface area contributed by atoms with Gasteiger partial charge < -0.3 is 10.4 Å². The average Bonchev–Trinajstić information content (AvgIpc) is 2.58. The molecule has 0 spiro atoms. The molecule has 1 aromatic rings. The lowest BCUT2D eigenvalue weighted by molar-refractivity contribution is -0.141. The van der Waals surface area contributed by atoms with Crippen molar-refractivity contribution in [1.82, 2.24) is 15.1 Å². The minimum Gasteiger partial charge on any atom is -0.480 e. The van der Waals surface area contributed by atoms with E-state index in [1.807, 2.05) is 20.9 Å². The first-order valence-corrected chi connectivity index (χ1v) is 6.08. The Morgan fingerprint density at radius 2 is 2.11 bits per heavy atom. The Balaban J connectivity index is 2.76. The van der Waals surface area contributed by atoms with E-state index in [-0.39, 0.29) is 0 Å². The van der Waals surface area contributed by atoms with Crippen LogP contribution in [0.25, 0.3) is 6.08 Å². The van der Waals surface area contributed by atoms with E-state index in [1.165, 1.54) is 6.08 Å². The molecule has 1 aromatic heterocycles. The van der Waals surface area contributed by atoms with Crippen LogP contribution in [-0.2, 0) is 16.6 Å². The van der Waals surface area contributed by atoms with E-state index < -0.39 is 17.9 Å². The second-order valence-electron chi connectivity index (χ2n) is 4.35. The topological polar surface area (TPSA) is 84.2 Å². The quantitative estimate of drug-likeness (QED) is 0.779. The molecule has 0 radical (unpaired) electrons. The molecule has 0 aromatic carbocycles. The van der Waals surface area contributed by atoms with Crippen LogP contribution in [0.3, 0.4) is 0 Å². The van der Waals surface area contributed by atoms with Gasteiger partial charge in [-0.3, -0.25) is 9.48 Å². The highest BCUT2D eigenvalue weighted by Gasteiger charge is 2.16. The molecule has 1 atom stereocenters. The number of nitrogens with one attached hydrogen (secondary N) is 1.